The molecule has 0 radical (unpaired) electrons. The van der Waals surface area contributed by atoms with Gasteiger partial charge in [-0.15, -0.1) is 0 Å². The standard InChI is InChI=1S/C26H33N5O4/c1-2-20-8-4-5-9-23(20)27-25(32)19-28-14-16-30(17-15-28)26(33)22-18-21(31(34)35)10-11-24(22)29-12-6-3-7-13-29/h4-5,8-11,18H,2-3,6-7,12-17,19H2,1H3,(H,27,32). The predicted molar refractivity (Wildman–Crippen MR) is 136 cm³/mol. The third-order valence-electron chi connectivity index (χ3n) is 6.82. The molecule has 2 heterocycles. The van der Waals surface area contributed by atoms with Gasteiger partial charge >= 0.3 is 0 Å². The van der Waals surface area contributed by atoms with Crippen molar-refractivity contribution in [2.75, 3.05) is 56.0 Å². The van der Waals surface area contributed by atoms with Crippen molar-refractivity contribution in [1.82, 2.24) is 9.80 Å². The molecule has 2 fully saturated rings. The Morgan fingerprint density at radius 2 is 1.69 bits per heavy atom. The molecular formula is C26H33N5O4. The van der Waals surface area contributed by atoms with Gasteiger partial charge in [0.1, 0.15) is 0 Å². The summed E-state index contributed by atoms with van der Waals surface area (Å²) >= 11 is 0. The molecule has 0 saturated carbocycles. The second kappa shape index (κ2) is 11.3. The zero-order chi connectivity index (χ0) is 24.8. The lowest BCUT2D eigenvalue weighted by atomic mass is 10.0. The van der Waals surface area contributed by atoms with Crippen LogP contribution in [0.3, 0.4) is 0 Å². The highest BCUT2D eigenvalue weighted by atomic mass is 16.6. The van der Waals surface area contributed by atoms with Gasteiger partial charge in [-0.05, 0) is 43.4 Å². The van der Waals surface area contributed by atoms with Crippen molar-refractivity contribution in [3.63, 3.8) is 0 Å². The summed E-state index contributed by atoms with van der Waals surface area (Å²) in [6, 6.07) is 12.4. The third-order valence-corrected chi connectivity index (χ3v) is 6.82. The summed E-state index contributed by atoms with van der Waals surface area (Å²) < 4.78 is 0. The molecule has 2 aliphatic rings. The number of piperazine rings is 1. The Hall–Kier alpha value is -3.46. The lowest BCUT2D eigenvalue weighted by molar-refractivity contribution is -0.384. The maximum atomic E-state index is 13.5. The minimum absolute atomic E-state index is 0.0724. The van der Waals surface area contributed by atoms with E-state index in [-0.39, 0.29) is 24.0 Å². The summed E-state index contributed by atoms with van der Waals surface area (Å²) in [7, 11) is 0. The van der Waals surface area contributed by atoms with Crippen LogP contribution in [0.4, 0.5) is 17.1 Å². The Kier molecular flexibility index (Phi) is 7.97. The molecule has 9 heteroatoms. The maximum Gasteiger partial charge on any atom is 0.270 e. The average molecular weight is 480 g/mol. The maximum absolute atomic E-state index is 13.5. The fraction of sp³-hybridized carbons (Fsp3) is 0.462. The molecular weight excluding hydrogens is 446 g/mol. The number of hydrogen-bond donors (Lipinski definition) is 1. The molecule has 0 aromatic heterocycles. The van der Waals surface area contributed by atoms with Crippen LogP contribution in [0.2, 0.25) is 0 Å². The smallest absolute Gasteiger partial charge is 0.270 e. The van der Waals surface area contributed by atoms with E-state index in [0.717, 1.165) is 55.7 Å². The van der Waals surface area contributed by atoms with Gasteiger partial charge in [0, 0.05) is 57.1 Å². The van der Waals surface area contributed by atoms with Crippen molar-refractivity contribution in [2.24, 2.45) is 0 Å². The number of anilines is 2. The third kappa shape index (κ3) is 5.97. The quantitative estimate of drug-likeness (QED) is 0.482. The van der Waals surface area contributed by atoms with Gasteiger partial charge in [-0.3, -0.25) is 24.6 Å². The van der Waals surface area contributed by atoms with E-state index in [1.54, 1.807) is 11.0 Å². The van der Waals surface area contributed by atoms with Crippen LogP contribution in [0.5, 0.6) is 0 Å². The molecule has 0 aliphatic carbocycles. The summed E-state index contributed by atoms with van der Waals surface area (Å²) in [6.07, 6.45) is 4.10. The van der Waals surface area contributed by atoms with Crippen LogP contribution in [0.1, 0.15) is 42.1 Å². The van der Waals surface area contributed by atoms with Crippen molar-refractivity contribution in [2.45, 2.75) is 32.6 Å². The number of nitrogens with one attached hydrogen (secondary N) is 1. The molecule has 2 amide bonds. The first-order valence-corrected chi connectivity index (χ1v) is 12.4. The highest BCUT2D eigenvalue weighted by Crippen LogP contribution is 2.29. The molecule has 4 rings (SSSR count). The molecule has 2 aromatic carbocycles. The molecule has 0 atom stereocenters. The molecule has 0 unspecified atom stereocenters. The number of rotatable bonds is 7. The van der Waals surface area contributed by atoms with E-state index in [9.17, 15) is 19.7 Å². The predicted octanol–water partition coefficient (Wildman–Crippen LogP) is 3.54. The number of amides is 2. The molecule has 9 nitrogen and oxygen atoms in total. The van der Waals surface area contributed by atoms with Gasteiger partial charge in [-0.2, -0.15) is 0 Å². The zero-order valence-corrected chi connectivity index (χ0v) is 20.2. The van der Waals surface area contributed by atoms with Gasteiger partial charge in [-0.25, -0.2) is 0 Å². The second-order valence-electron chi connectivity index (χ2n) is 9.13. The minimum atomic E-state index is -0.454. The Morgan fingerprint density at radius 3 is 2.37 bits per heavy atom. The van der Waals surface area contributed by atoms with Crippen molar-refractivity contribution in [1.29, 1.82) is 0 Å². The Morgan fingerprint density at radius 1 is 0.971 bits per heavy atom. The Labute approximate surface area is 205 Å². The number of nitro benzene ring substituents is 1. The van der Waals surface area contributed by atoms with Crippen molar-refractivity contribution in [3.8, 4) is 0 Å². The molecule has 2 saturated heterocycles. The first kappa shape index (κ1) is 24.7. The van der Waals surface area contributed by atoms with Gasteiger partial charge in [-0.1, -0.05) is 25.1 Å². The zero-order valence-electron chi connectivity index (χ0n) is 20.2. The summed E-state index contributed by atoms with van der Waals surface area (Å²) in [5.74, 6) is -0.257. The second-order valence-corrected chi connectivity index (χ2v) is 9.13. The van der Waals surface area contributed by atoms with Crippen LogP contribution < -0.4 is 10.2 Å². The molecule has 2 aliphatic heterocycles. The highest BCUT2D eigenvalue weighted by Gasteiger charge is 2.28. The number of carbonyl (C=O) groups excluding carboxylic acids is 2. The number of non-ortho nitro benzene ring substituents is 1. The number of benzene rings is 2. The number of carbonyl (C=O) groups is 2. The van der Waals surface area contributed by atoms with E-state index in [4.69, 9.17) is 0 Å². The normalized spacial score (nSPS) is 16.7. The molecule has 0 bridgehead atoms. The van der Waals surface area contributed by atoms with Crippen LogP contribution in [0, 0.1) is 10.1 Å². The van der Waals surface area contributed by atoms with Crippen LogP contribution in [-0.2, 0) is 11.2 Å². The van der Waals surface area contributed by atoms with E-state index in [1.165, 1.54) is 12.1 Å². The SMILES string of the molecule is CCc1ccccc1NC(=O)CN1CCN(C(=O)c2cc([N+](=O)[O-])ccc2N2CCCCC2)CC1. The fourth-order valence-corrected chi connectivity index (χ4v) is 4.84. The Balaban J connectivity index is 1.39. The lowest BCUT2D eigenvalue weighted by Crippen LogP contribution is -2.50. The number of aryl methyl sites for hydroxylation is 1. The van der Waals surface area contributed by atoms with E-state index in [2.05, 4.69) is 17.1 Å². The van der Waals surface area contributed by atoms with E-state index >= 15 is 0 Å². The number of nitro groups is 1. The van der Waals surface area contributed by atoms with E-state index in [1.807, 2.05) is 29.2 Å². The number of para-hydroxylation sites is 1. The summed E-state index contributed by atoms with van der Waals surface area (Å²) in [6.45, 7) is 6.10. The van der Waals surface area contributed by atoms with Crippen molar-refractivity contribution >= 4 is 28.9 Å². The monoisotopic (exact) mass is 479 g/mol. The topological polar surface area (TPSA) is 99.0 Å². The van der Waals surface area contributed by atoms with Crippen molar-refractivity contribution in [3.05, 3.63) is 63.7 Å². The van der Waals surface area contributed by atoms with Crippen molar-refractivity contribution < 1.29 is 14.5 Å². The first-order valence-electron chi connectivity index (χ1n) is 12.4. The van der Waals surface area contributed by atoms with Crippen LogP contribution in [0.15, 0.2) is 42.5 Å². The summed E-state index contributed by atoms with van der Waals surface area (Å²) in [4.78, 5) is 42.9. The molecule has 186 valence electrons. The van der Waals surface area contributed by atoms with Gasteiger partial charge in [0.05, 0.1) is 22.7 Å². The minimum Gasteiger partial charge on any atom is -0.371 e. The fourth-order valence-electron chi connectivity index (χ4n) is 4.84. The highest BCUT2D eigenvalue weighted by molar-refractivity contribution is 6.00. The van der Waals surface area contributed by atoms with Gasteiger partial charge < -0.3 is 15.1 Å². The van der Waals surface area contributed by atoms with Gasteiger partial charge in [0.15, 0.2) is 0 Å². The number of piperidine rings is 1. The largest absolute Gasteiger partial charge is 0.371 e. The first-order chi connectivity index (χ1) is 17.0. The molecule has 35 heavy (non-hydrogen) atoms. The molecule has 0 spiro atoms. The van der Waals surface area contributed by atoms with E-state index < -0.39 is 4.92 Å². The summed E-state index contributed by atoms with van der Waals surface area (Å²) in [5.41, 5.74) is 3.03. The van der Waals surface area contributed by atoms with E-state index in [0.29, 0.717) is 31.7 Å². The summed E-state index contributed by atoms with van der Waals surface area (Å²) in [5, 5.41) is 14.4. The Bertz CT molecular complexity index is 1080. The average Bonchev–Trinajstić information content (AvgIpc) is 2.89. The number of hydrogen-bond acceptors (Lipinski definition) is 6. The van der Waals surface area contributed by atoms with Crippen LogP contribution >= 0.6 is 0 Å². The number of nitrogens with zero attached hydrogens (tertiary/aromatic N) is 4. The van der Waals surface area contributed by atoms with Crippen LogP contribution in [-0.4, -0.2) is 72.4 Å². The van der Waals surface area contributed by atoms with Gasteiger partial charge in [0.25, 0.3) is 11.6 Å². The van der Waals surface area contributed by atoms with Gasteiger partial charge in [0.2, 0.25) is 5.91 Å². The molecule has 2 aromatic rings. The van der Waals surface area contributed by atoms with Crippen LogP contribution in [0.25, 0.3) is 0 Å². The molecule has 1 N–H and O–H groups in total. The lowest BCUT2D eigenvalue weighted by Gasteiger charge is -2.36.